The number of carbonyl (C=O) groups is 1. The van der Waals surface area contributed by atoms with Crippen LogP contribution in [0.4, 0.5) is 0 Å². The first-order valence-electron chi connectivity index (χ1n) is 11.1. The molecule has 31 heavy (non-hydrogen) atoms. The van der Waals surface area contributed by atoms with Crippen LogP contribution in [0.15, 0.2) is 35.1 Å². The lowest BCUT2D eigenvalue weighted by Crippen LogP contribution is -2.33. The van der Waals surface area contributed by atoms with Gasteiger partial charge in [-0.2, -0.15) is 9.61 Å². The normalized spacial score (nSPS) is 14.3. The summed E-state index contributed by atoms with van der Waals surface area (Å²) in [5, 5.41) is 7.72. The maximum atomic E-state index is 13.3. The first-order chi connectivity index (χ1) is 15.0. The number of hydrogen-bond acceptors (Lipinski definition) is 4. The quantitative estimate of drug-likeness (QED) is 0.632. The van der Waals surface area contributed by atoms with Crippen molar-refractivity contribution in [1.82, 2.24) is 19.5 Å². The zero-order valence-corrected chi connectivity index (χ0v) is 18.5. The summed E-state index contributed by atoms with van der Waals surface area (Å²) in [6.45, 7) is 4.70. The molecule has 164 valence electrons. The Balaban J connectivity index is 1.68. The summed E-state index contributed by atoms with van der Waals surface area (Å²) in [5.41, 5.74) is 3.64. The Bertz CT molecular complexity index is 1160. The molecule has 0 unspecified atom stereocenters. The second-order valence-corrected chi connectivity index (χ2v) is 8.16. The van der Waals surface area contributed by atoms with E-state index in [-0.39, 0.29) is 17.5 Å². The minimum absolute atomic E-state index is 0.0176. The fraction of sp³-hybridized carbons (Fsp3) is 0.458. The van der Waals surface area contributed by atoms with Crippen LogP contribution in [-0.4, -0.2) is 33.2 Å². The largest absolute Gasteiger partial charge is 0.496 e. The van der Waals surface area contributed by atoms with Gasteiger partial charge in [0.15, 0.2) is 0 Å². The molecular formula is C24H30N4O3. The van der Waals surface area contributed by atoms with Gasteiger partial charge in [-0.15, -0.1) is 0 Å². The molecule has 0 saturated heterocycles. The Morgan fingerprint density at radius 3 is 2.71 bits per heavy atom. The molecule has 0 atom stereocenters. The number of methoxy groups -OCH3 is 1. The summed E-state index contributed by atoms with van der Waals surface area (Å²) >= 11 is 0. The number of carbonyl (C=O) groups excluding carboxylic acids is 1. The summed E-state index contributed by atoms with van der Waals surface area (Å²) in [6.07, 6.45) is 5.17. The summed E-state index contributed by atoms with van der Waals surface area (Å²) < 4.78 is 9.01. The van der Waals surface area contributed by atoms with Crippen molar-refractivity contribution in [2.45, 2.75) is 65.0 Å². The highest BCUT2D eigenvalue weighted by Gasteiger charge is 2.20. The van der Waals surface area contributed by atoms with Crippen molar-refractivity contribution in [2.75, 3.05) is 7.11 Å². The van der Waals surface area contributed by atoms with E-state index in [2.05, 4.69) is 15.0 Å². The molecule has 7 nitrogen and oxygen atoms in total. The SMILES string of the molecule is CCn1c(C)c(CCC(=O)NC2CCCC2)c(=O)n2nc(-c3ccccc3OC)cc12. The van der Waals surface area contributed by atoms with Crippen molar-refractivity contribution in [3.8, 4) is 17.0 Å². The Morgan fingerprint density at radius 1 is 1.26 bits per heavy atom. The molecule has 1 aliphatic rings. The van der Waals surface area contributed by atoms with E-state index in [0.29, 0.717) is 36.4 Å². The Labute approximate surface area is 182 Å². The fourth-order valence-electron chi connectivity index (χ4n) is 4.61. The summed E-state index contributed by atoms with van der Waals surface area (Å²) in [5.74, 6) is 0.728. The zero-order chi connectivity index (χ0) is 22.0. The van der Waals surface area contributed by atoms with Crippen molar-refractivity contribution >= 4 is 11.6 Å². The van der Waals surface area contributed by atoms with Crippen molar-refractivity contribution in [2.24, 2.45) is 0 Å². The molecule has 7 heteroatoms. The lowest BCUT2D eigenvalue weighted by atomic mass is 10.1. The van der Waals surface area contributed by atoms with Gasteiger partial charge < -0.3 is 14.6 Å². The minimum Gasteiger partial charge on any atom is -0.496 e. The maximum Gasteiger partial charge on any atom is 0.277 e. The van der Waals surface area contributed by atoms with E-state index in [1.165, 1.54) is 17.4 Å². The van der Waals surface area contributed by atoms with E-state index < -0.39 is 0 Å². The minimum atomic E-state index is -0.160. The van der Waals surface area contributed by atoms with Crippen molar-refractivity contribution in [3.63, 3.8) is 0 Å². The number of fused-ring (bicyclic) bond motifs is 1. The third-order valence-corrected chi connectivity index (χ3v) is 6.28. The Kier molecular flexibility index (Phi) is 6.11. The average Bonchev–Trinajstić information content (AvgIpc) is 3.44. The molecule has 1 aliphatic carbocycles. The summed E-state index contributed by atoms with van der Waals surface area (Å²) in [7, 11) is 1.62. The first kappa shape index (κ1) is 21.2. The highest BCUT2D eigenvalue weighted by atomic mass is 16.5. The molecule has 0 bridgehead atoms. The smallest absolute Gasteiger partial charge is 0.277 e. The lowest BCUT2D eigenvalue weighted by Gasteiger charge is -2.15. The molecule has 1 saturated carbocycles. The van der Waals surface area contributed by atoms with Crippen LogP contribution in [0.25, 0.3) is 16.9 Å². The molecule has 1 fully saturated rings. The molecular weight excluding hydrogens is 392 g/mol. The van der Waals surface area contributed by atoms with Gasteiger partial charge in [-0.05, 0) is 45.2 Å². The number of aryl methyl sites for hydroxylation is 1. The van der Waals surface area contributed by atoms with E-state index in [4.69, 9.17) is 4.74 Å². The van der Waals surface area contributed by atoms with Gasteiger partial charge in [0.2, 0.25) is 5.91 Å². The maximum absolute atomic E-state index is 13.3. The number of rotatable bonds is 7. The molecule has 1 amide bonds. The molecule has 1 N–H and O–H groups in total. The molecule has 0 spiro atoms. The van der Waals surface area contributed by atoms with E-state index in [9.17, 15) is 9.59 Å². The number of hydrogen-bond donors (Lipinski definition) is 1. The van der Waals surface area contributed by atoms with E-state index in [1.807, 2.05) is 44.2 Å². The van der Waals surface area contributed by atoms with Crippen LogP contribution < -0.4 is 15.6 Å². The third kappa shape index (κ3) is 4.09. The van der Waals surface area contributed by atoms with E-state index in [0.717, 1.165) is 29.7 Å². The van der Waals surface area contributed by atoms with Gasteiger partial charge >= 0.3 is 0 Å². The number of ether oxygens (including phenoxy) is 1. The third-order valence-electron chi connectivity index (χ3n) is 6.28. The average molecular weight is 423 g/mol. The lowest BCUT2D eigenvalue weighted by molar-refractivity contribution is -0.121. The first-order valence-corrected chi connectivity index (χ1v) is 11.1. The second kappa shape index (κ2) is 8.96. The van der Waals surface area contributed by atoms with Crippen LogP contribution in [-0.2, 0) is 17.8 Å². The number of nitrogens with zero attached hydrogens (tertiary/aromatic N) is 3. The number of amides is 1. The van der Waals surface area contributed by atoms with Crippen molar-refractivity contribution < 1.29 is 9.53 Å². The van der Waals surface area contributed by atoms with Crippen molar-refractivity contribution in [1.29, 1.82) is 0 Å². The Hall–Kier alpha value is -3.09. The fourth-order valence-corrected chi connectivity index (χ4v) is 4.61. The van der Waals surface area contributed by atoms with Crippen LogP contribution in [0.2, 0.25) is 0 Å². The van der Waals surface area contributed by atoms with Crippen LogP contribution in [0.5, 0.6) is 5.75 Å². The highest BCUT2D eigenvalue weighted by molar-refractivity contribution is 5.76. The number of benzene rings is 1. The van der Waals surface area contributed by atoms with Gasteiger partial charge in [-0.25, -0.2) is 0 Å². The number of nitrogens with one attached hydrogen (secondary N) is 1. The van der Waals surface area contributed by atoms with E-state index in [1.54, 1.807) is 7.11 Å². The van der Waals surface area contributed by atoms with E-state index >= 15 is 0 Å². The van der Waals surface area contributed by atoms with Crippen LogP contribution in [0, 0.1) is 6.92 Å². The number of para-hydroxylation sites is 1. The van der Waals surface area contributed by atoms with Gasteiger partial charge in [0.05, 0.1) is 12.8 Å². The molecule has 2 aromatic heterocycles. The molecule has 0 aliphatic heterocycles. The van der Waals surface area contributed by atoms with Crippen molar-refractivity contribution in [3.05, 3.63) is 51.9 Å². The predicted molar refractivity (Wildman–Crippen MR) is 121 cm³/mol. The molecule has 4 rings (SSSR count). The summed E-state index contributed by atoms with van der Waals surface area (Å²) in [4.78, 5) is 25.7. The molecule has 0 radical (unpaired) electrons. The van der Waals surface area contributed by atoms with Crippen LogP contribution in [0.1, 0.15) is 50.3 Å². The van der Waals surface area contributed by atoms with Crippen LogP contribution in [0.3, 0.4) is 0 Å². The van der Waals surface area contributed by atoms with Gasteiger partial charge in [0.1, 0.15) is 11.4 Å². The zero-order valence-electron chi connectivity index (χ0n) is 18.5. The number of aromatic nitrogens is 3. The second-order valence-electron chi connectivity index (χ2n) is 8.16. The molecule has 2 heterocycles. The Morgan fingerprint density at radius 2 is 2.00 bits per heavy atom. The van der Waals surface area contributed by atoms with Gasteiger partial charge in [-0.3, -0.25) is 9.59 Å². The molecule has 1 aromatic carbocycles. The highest BCUT2D eigenvalue weighted by Crippen LogP contribution is 2.29. The monoisotopic (exact) mass is 422 g/mol. The topological polar surface area (TPSA) is 77.6 Å². The predicted octanol–water partition coefficient (Wildman–Crippen LogP) is 3.49. The van der Waals surface area contributed by atoms with Gasteiger partial charge in [0, 0.05) is 41.9 Å². The molecule has 3 aromatic rings. The van der Waals surface area contributed by atoms with Crippen LogP contribution >= 0.6 is 0 Å². The summed E-state index contributed by atoms with van der Waals surface area (Å²) in [6, 6.07) is 9.85. The van der Waals surface area contributed by atoms with Gasteiger partial charge in [0.25, 0.3) is 5.56 Å². The van der Waals surface area contributed by atoms with Gasteiger partial charge in [-0.1, -0.05) is 25.0 Å². The standard InChI is InChI=1S/C24H30N4O3/c1-4-27-16(2)18(13-14-22(29)25-17-9-5-6-10-17)24(30)28-23(27)15-20(26-28)19-11-7-8-12-21(19)31-3/h7-8,11-12,15,17H,4-6,9-10,13-14H2,1-3H3,(H,25,29).